The molecule has 0 bridgehead atoms. The maximum atomic E-state index is 9.16. The zero-order valence-electron chi connectivity index (χ0n) is 5.38. The van der Waals surface area contributed by atoms with Crippen LogP contribution in [-0.2, 0) is 0 Å². The van der Waals surface area contributed by atoms with Crippen molar-refractivity contribution in [2.75, 3.05) is 6.61 Å². The lowest BCUT2D eigenvalue weighted by Crippen LogP contribution is -2.36. The van der Waals surface area contributed by atoms with Crippen molar-refractivity contribution in [3.05, 3.63) is 0 Å². The Labute approximate surface area is 54.5 Å². The van der Waals surface area contributed by atoms with Crippen LogP contribution in [0.5, 0.6) is 0 Å². The van der Waals surface area contributed by atoms with E-state index in [0.717, 1.165) is 6.42 Å². The molecule has 1 fully saturated rings. The first-order valence-electron chi connectivity index (χ1n) is 3.26. The second kappa shape index (κ2) is 2.25. The molecular weight excluding hydrogens is 118 g/mol. The molecule has 0 radical (unpaired) electrons. The molecule has 0 aromatic carbocycles. The van der Waals surface area contributed by atoms with Crippen molar-refractivity contribution >= 4 is 0 Å². The summed E-state index contributed by atoms with van der Waals surface area (Å²) in [5.74, 6) is 0.222. The van der Waals surface area contributed by atoms with Gasteiger partial charge in [-0.1, -0.05) is 0 Å². The van der Waals surface area contributed by atoms with Crippen LogP contribution >= 0.6 is 0 Å². The molecule has 0 aromatic rings. The minimum atomic E-state index is -0.993. The van der Waals surface area contributed by atoms with Crippen molar-refractivity contribution in [2.45, 2.75) is 25.0 Å². The van der Waals surface area contributed by atoms with Crippen molar-refractivity contribution < 1.29 is 10.2 Å². The Balaban J connectivity index is 2.38. The third-order valence-corrected chi connectivity index (χ3v) is 1.89. The first kappa shape index (κ1) is 6.99. The Morgan fingerprint density at radius 1 is 1.67 bits per heavy atom. The molecule has 0 spiro atoms. The van der Waals surface area contributed by atoms with Crippen LogP contribution in [0.15, 0.2) is 0 Å². The van der Waals surface area contributed by atoms with E-state index in [0.29, 0.717) is 12.8 Å². The van der Waals surface area contributed by atoms with Gasteiger partial charge in [-0.05, 0) is 25.2 Å². The molecule has 2 unspecified atom stereocenters. The van der Waals surface area contributed by atoms with Crippen LogP contribution in [0, 0.1) is 5.92 Å². The molecule has 1 aliphatic carbocycles. The molecule has 54 valence electrons. The van der Waals surface area contributed by atoms with Crippen molar-refractivity contribution in [3.8, 4) is 0 Å². The average Bonchev–Trinajstić information content (AvgIpc) is 2.10. The van der Waals surface area contributed by atoms with Crippen molar-refractivity contribution in [2.24, 2.45) is 11.7 Å². The quantitative estimate of drug-likeness (QED) is 0.417. The van der Waals surface area contributed by atoms with Crippen LogP contribution in [0.1, 0.15) is 19.3 Å². The van der Waals surface area contributed by atoms with Crippen LogP contribution < -0.4 is 5.73 Å². The Morgan fingerprint density at radius 3 is 2.56 bits per heavy atom. The highest BCUT2D eigenvalue weighted by Crippen LogP contribution is 2.29. The van der Waals surface area contributed by atoms with Gasteiger partial charge in [0, 0.05) is 6.61 Å². The van der Waals surface area contributed by atoms with E-state index in [1.165, 1.54) is 0 Å². The van der Waals surface area contributed by atoms with Gasteiger partial charge in [-0.15, -0.1) is 0 Å². The van der Waals surface area contributed by atoms with E-state index in [9.17, 15) is 0 Å². The lowest BCUT2D eigenvalue weighted by atomic mass is 10.1. The number of hydrogen-bond acceptors (Lipinski definition) is 3. The van der Waals surface area contributed by atoms with E-state index >= 15 is 0 Å². The predicted octanol–water partition coefficient (Wildman–Crippen LogP) is -0.574. The third-order valence-electron chi connectivity index (χ3n) is 1.89. The largest absolute Gasteiger partial charge is 0.396 e. The summed E-state index contributed by atoms with van der Waals surface area (Å²) >= 11 is 0. The second-order valence-corrected chi connectivity index (χ2v) is 2.89. The van der Waals surface area contributed by atoms with Gasteiger partial charge in [-0.2, -0.15) is 0 Å². The molecule has 0 saturated heterocycles. The van der Waals surface area contributed by atoms with Gasteiger partial charge in [0.15, 0.2) is 0 Å². The molecular formula is C6H13NO2. The van der Waals surface area contributed by atoms with E-state index in [1.807, 2.05) is 0 Å². The molecule has 3 nitrogen and oxygen atoms in total. The average molecular weight is 131 g/mol. The minimum Gasteiger partial charge on any atom is -0.396 e. The predicted molar refractivity (Wildman–Crippen MR) is 33.6 cm³/mol. The molecule has 0 heterocycles. The lowest BCUT2D eigenvalue weighted by molar-refractivity contribution is 0.0466. The number of nitrogens with two attached hydrogens (primary N) is 1. The fraction of sp³-hybridized carbons (Fsp3) is 1.00. The van der Waals surface area contributed by atoms with E-state index in [4.69, 9.17) is 15.9 Å². The molecule has 4 N–H and O–H groups in total. The van der Waals surface area contributed by atoms with Gasteiger partial charge in [0.05, 0.1) is 0 Å². The van der Waals surface area contributed by atoms with E-state index in [-0.39, 0.29) is 12.5 Å². The number of aliphatic hydroxyl groups excluding tert-OH is 1. The molecule has 2 atom stereocenters. The van der Waals surface area contributed by atoms with Crippen LogP contribution in [0.2, 0.25) is 0 Å². The van der Waals surface area contributed by atoms with Gasteiger partial charge in [0.1, 0.15) is 5.72 Å². The van der Waals surface area contributed by atoms with E-state index < -0.39 is 5.72 Å². The van der Waals surface area contributed by atoms with Crippen LogP contribution in [0.4, 0.5) is 0 Å². The molecule has 1 rings (SSSR count). The van der Waals surface area contributed by atoms with Gasteiger partial charge < -0.3 is 15.9 Å². The van der Waals surface area contributed by atoms with Crippen LogP contribution in [0.3, 0.4) is 0 Å². The van der Waals surface area contributed by atoms with Crippen molar-refractivity contribution in [3.63, 3.8) is 0 Å². The second-order valence-electron chi connectivity index (χ2n) is 2.89. The Bertz CT molecular complexity index is 103. The summed E-state index contributed by atoms with van der Waals surface area (Å²) in [6.07, 6.45) is 2.02. The number of aliphatic hydroxyl groups is 2. The van der Waals surface area contributed by atoms with Gasteiger partial charge >= 0.3 is 0 Å². The van der Waals surface area contributed by atoms with Crippen LogP contribution in [0.25, 0.3) is 0 Å². The minimum absolute atomic E-state index is 0.152. The smallest absolute Gasteiger partial charge is 0.113 e. The summed E-state index contributed by atoms with van der Waals surface area (Å²) in [5.41, 5.74) is 4.40. The molecule has 0 aromatic heterocycles. The zero-order valence-corrected chi connectivity index (χ0v) is 5.38. The summed E-state index contributed by atoms with van der Waals surface area (Å²) in [6, 6.07) is 0. The first-order valence-corrected chi connectivity index (χ1v) is 3.26. The van der Waals surface area contributed by atoms with Gasteiger partial charge in [-0.25, -0.2) is 0 Å². The van der Waals surface area contributed by atoms with Gasteiger partial charge in [0.25, 0.3) is 0 Å². The van der Waals surface area contributed by atoms with E-state index in [1.54, 1.807) is 0 Å². The Morgan fingerprint density at radius 2 is 2.33 bits per heavy atom. The molecule has 1 saturated carbocycles. The standard InChI is InChI=1S/C6H13NO2/c7-6(9)2-1-5(3-6)4-8/h5,8-9H,1-4,7H2. The van der Waals surface area contributed by atoms with Gasteiger partial charge in [0.2, 0.25) is 0 Å². The lowest BCUT2D eigenvalue weighted by Gasteiger charge is -2.14. The maximum Gasteiger partial charge on any atom is 0.113 e. The third kappa shape index (κ3) is 1.64. The summed E-state index contributed by atoms with van der Waals surface area (Å²) in [4.78, 5) is 0. The van der Waals surface area contributed by atoms with E-state index in [2.05, 4.69) is 0 Å². The fourth-order valence-corrected chi connectivity index (χ4v) is 1.31. The highest BCUT2D eigenvalue weighted by atomic mass is 16.3. The number of rotatable bonds is 1. The number of hydrogen-bond donors (Lipinski definition) is 3. The molecule has 1 aliphatic rings. The summed E-state index contributed by atoms with van der Waals surface area (Å²) in [6.45, 7) is 0.152. The molecule has 3 heteroatoms. The topological polar surface area (TPSA) is 66.5 Å². The molecule has 9 heavy (non-hydrogen) atoms. The van der Waals surface area contributed by atoms with Crippen molar-refractivity contribution in [1.82, 2.24) is 0 Å². The summed E-state index contributed by atoms with van der Waals surface area (Å²) in [5, 5.41) is 17.8. The monoisotopic (exact) mass is 131 g/mol. The van der Waals surface area contributed by atoms with Gasteiger partial charge in [-0.3, -0.25) is 0 Å². The fourth-order valence-electron chi connectivity index (χ4n) is 1.31. The Hall–Kier alpha value is -0.120. The maximum absolute atomic E-state index is 9.16. The Kier molecular flexibility index (Phi) is 1.75. The summed E-state index contributed by atoms with van der Waals surface area (Å²) < 4.78 is 0. The zero-order chi connectivity index (χ0) is 6.91. The SMILES string of the molecule is NC1(O)CCC(CO)C1. The normalized spacial score (nSPS) is 43.7. The molecule has 0 amide bonds. The van der Waals surface area contributed by atoms with Crippen LogP contribution in [-0.4, -0.2) is 22.5 Å². The highest BCUT2D eigenvalue weighted by molar-refractivity contribution is 4.83. The first-order chi connectivity index (χ1) is 4.14. The molecule has 0 aliphatic heterocycles. The van der Waals surface area contributed by atoms with Crippen molar-refractivity contribution in [1.29, 1.82) is 0 Å². The highest BCUT2D eigenvalue weighted by Gasteiger charge is 2.32. The summed E-state index contributed by atoms with van der Waals surface area (Å²) in [7, 11) is 0.